The van der Waals surface area contributed by atoms with Gasteiger partial charge in [0.05, 0.1) is 27.8 Å². The Morgan fingerprint density at radius 1 is 0.811 bits per heavy atom. The van der Waals surface area contributed by atoms with E-state index >= 15 is 0 Å². The van der Waals surface area contributed by atoms with Gasteiger partial charge in [-0.3, -0.25) is 20.3 Å². The van der Waals surface area contributed by atoms with Gasteiger partial charge in [-0.1, -0.05) is 48.5 Å². The SMILES string of the molecule is COc1ccc(CNC(=O)[C@@H](Cc2ccccc2)NC(=N)NC(=O)Cc2ccc(OC)c(OC)c2)cc1. The average Bonchev–Trinajstić information content (AvgIpc) is 2.92. The highest BCUT2D eigenvalue weighted by Gasteiger charge is 2.21. The summed E-state index contributed by atoms with van der Waals surface area (Å²) in [6.45, 7) is 0.314. The second-order valence-electron chi connectivity index (χ2n) is 8.24. The van der Waals surface area contributed by atoms with Crippen molar-refractivity contribution in [2.24, 2.45) is 0 Å². The number of guanidine groups is 1. The van der Waals surface area contributed by atoms with Crippen molar-refractivity contribution in [3.05, 3.63) is 89.5 Å². The lowest BCUT2D eigenvalue weighted by atomic mass is 10.1. The number of methoxy groups -OCH3 is 3. The number of nitrogens with one attached hydrogen (secondary N) is 4. The fourth-order valence-corrected chi connectivity index (χ4v) is 3.68. The van der Waals surface area contributed by atoms with Crippen molar-refractivity contribution in [2.45, 2.75) is 25.4 Å². The van der Waals surface area contributed by atoms with Crippen LogP contribution in [0.4, 0.5) is 0 Å². The Kier molecular flexibility index (Phi) is 9.90. The molecule has 3 aromatic carbocycles. The normalized spacial score (nSPS) is 11.1. The minimum absolute atomic E-state index is 0.0252. The third-order valence-electron chi connectivity index (χ3n) is 5.62. The van der Waals surface area contributed by atoms with Gasteiger partial charge in [0, 0.05) is 13.0 Å². The zero-order valence-corrected chi connectivity index (χ0v) is 21.2. The van der Waals surface area contributed by atoms with E-state index in [0.29, 0.717) is 30.0 Å². The van der Waals surface area contributed by atoms with Crippen LogP contribution in [0.3, 0.4) is 0 Å². The summed E-state index contributed by atoms with van der Waals surface area (Å²) in [4.78, 5) is 25.6. The lowest BCUT2D eigenvalue weighted by Gasteiger charge is -2.20. The molecule has 37 heavy (non-hydrogen) atoms. The number of carbonyl (C=O) groups is 2. The van der Waals surface area contributed by atoms with Crippen molar-refractivity contribution in [1.82, 2.24) is 16.0 Å². The van der Waals surface area contributed by atoms with Crippen molar-refractivity contribution in [3.63, 3.8) is 0 Å². The molecule has 0 fully saturated rings. The van der Waals surface area contributed by atoms with Gasteiger partial charge in [-0.15, -0.1) is 0 Å². The Hall–Kier alpha value is -4.53. The van der Waals surface area contributed by atoms with Crippen LogP contribution in [0, 0.1) is 5.41 Å². The third kappa shape index (κ3) is 8.28. The molecule has 4 N–H and O–H groups in total. The van der Waals surface area contributed by atoms with E-state index in [9.17, 15) is 9.59 Å². The van der Waals surface area contributed by atoms with Crippen LogP contribution in [0.2, 0.25) is 0 Å². The van der Waals surface area contributed by atoms with Gasteiger partial charge in [0.2, 0.25) is 11.8 Å². The second kappa shape index (κ2) is 13.5. The van der Waals surface area contributed by atoms with E-state index in [4.69, 9.17) is 19.6 Å². The summed E-state index contributed by atoms with van der Waals surface area (Å²) in [5, 5.41) is 16.5. The molecule has 0 aliphatic rings. The van der Waals surface area contributed by atoms with E-state index in [0.717, 1.165) is 16.9 Å². The highest BCUT2D eigenvalue weighted by molar-refractivity contribution is 5.98. The maximum absolute atomic E-state index is 13.1. The minimum Gasteiger partial charge on any atom is -0.497 e. The summed E-state index contributed by atoms with van der Waals surface area (Å²) in [7, 11) is 4.66. The summed E-state index contributed by atoms with van der Waals surface area (Å²) in [5.41, 5.74) is 2.52. The number of amides is 2. The molecule has 194 valence electrons. The first-order valence-electron chi connectivity index (χ1n) is 11.7. The fraction of sp³-hybridized carbons (Fsp3) is 0.250. The van der Waals surface area contributed by atoms with Crippen LogP contribution in [0.5, 0.6) is 17.2 Å². The minimum atomic E-state index is -0.769. The van der Waals surface area contributed by atoms with Crippen molar-refractivity contribution >= 4 is 17.8 Å². The van der Waals surface area contributed by atoms with Crippen molar-refractivity contribution < 1.29 is 23.8 Å². The number of rotatable bonds is 11. The molecule has 1 atom stereocenters. The van der Waals surface area contributed by atoms with Gasteiger partial charge in [-0.2, -0.15) is 0 Å². The van der Waals surface area contributed by atoms with Crippen LogP contribution >= 0.6 is 0 Å². The molecule has 0 heterocycles. The van der Waals surface area contributed by atoms with E-state index in [1.165, 1.54) is 14.2 Å². The molecule has 2 amide bonds. The van der Waals surface area contributed by atoms with Crippen LogP contribution in [-0.4, -0.2) is 45.1 Å². The Bertz CT molecular complexity index is 1200. The average molecular weight is 505 g/mol. The molecule has 0 aliphatic carbocycles. The lowest BCUT2D eigenvalue weighted by molar-refractivity contribution is -0.123. The standard InChI is InChI=1S/C28H32N4O5/c1-35-22-12-9-20(10-13-22)18-30-27(34)23(15-19-7-5-4-6-8-19)31-28(29)32-26(33)17-21-11-14-24(36-2)25(16-21)37-3/h4-14,16,23H,15,17-18H2,1-3H3,(H,30,34)(H3,29,31,32,33)/t23-/m1/s1. The van der Waals surface area contributed by atoms with Crippen molar-refractivity contribution in [3.8, 4) is 17.2 Å². The van der Waals surface area contributed by atoms with Gasteiger partial charge in [0.25, 0.3) is 0 Å². The molecule has 0 aromatic heterocycles. The summed E-state index contributed by atoms with van der Waals surface area (Å²) < 4.78 is 15.7. The summed E-state index contributed by atoms with van der Waals surface area (Å²) in [5.74, 6) is 0.852. The monoisotopic (exact) mass is 504 g/mol. The quantitative estimate of drug-likeness (QED) is 0.235. The maximum atomic E-state index is 13.1. The highest BCUT2D eigenvalue weighted by Crippen LogP contribution is 2.27. The molecular formula is C28H32N4O5. The van der Waals surface area contributed by atoms with Crippen molar-refractivity contribution in [2.75, 3.05) is 21.3 Å². The van der Waals surface area contributed by atoms with Crippen LogP contribution in [0.25, 0.3) is 0 Å². The third-order valence-corrected chi connectivity index (χ3v) is 5.62. The smallest absolute Gasteiger partial charge is 0.243 e. The van der Waals surface area contributed by atoms with Gasteiger partial charge >= 0.3 is 0 Å². The maximum Gasteiger partial charge on any atom is 0.243 e. The fourth-order valence-electron chi connectivity index (χ4n) is 3.68. The number of ether oxygens (including phenoxy) is 3. The van der Waals surface area contributed by atoms with E-state index in [2.05, 4.69) is 16.0 Å². The molecule has 0 saturated carbocycles. The van der Waals surface area contributed by atoms with Gasteiger partial charge in [-0.25, -0.2) is 0 Å². The Morgan fingerprint density at radius 3 is 2.14 bits per heavy atom. The van der Waals surface area contributed by atoms with E-state index < -0.39 is 11.9 Å². The van der Waals surface area contributed by atoms with E-state index in [-0.39, 0.29) is 18.3 Å². The summed E-state index contributed by atoms with van der Waals surface area (Å²) in [6.07, 6.45) is 0.362. The number of carbonyl (C=O) groups excluding carboxylic acids is 2. The Labute approximate surface area is 216 Å². The molecule has 9 heteroatoms. The number of hydrogen-bond acceptors (Lipinski definition) is 6. The molecule has 0 spiro atoms. The Morgan fingerprint density at radius 2 is 1.49 bits per heavy atom. The van der Waals surface area contributed by atoms with Gasteiger partial charge in [-0.05, 0) is 41.0 Å². The largest absolute Gasteiger partial charge is 0.497 e. The number of benzene rings is 3. The lowest BCUT2D eigenvalue weighted by Crippen LogP contribution is -2.52. The molecule has 0 saturated heterocycles. The molecular weight excluding hydrogens is 472 g/mol. The zero-order valence-electron chi connectivity index (χ0n) is 21.2. The Balaban J connectivity index is 1.62. The predicted octanol–water partition coefficient (Wildman–Crippen LogP) is 2.82. The van der Waals surface area contributed by atoms with Crippen LogP contribution < -0.4 is 30.2 Å². The molecule has 3 rings (SSSR count). The van der Waals surface area contributed by atoms with E-state index in [1.807, 2.05) is 54.6 Å². The zero-order chi connectivity index (χ0) is 26.6. The first kappa shape index (κ1) is 27.1. The number of hydrogen-bond donors (Lipinski definition) is 4. The molecule has 3 aromatic rings. The molecule has 9 nitrogen and oxygen atoms in total. The van der Waals surface area contributed by atoms with E-state index in [1.54, 1.807) is 25.3 Å². The van der Waals surface area contributed by atoms with Gasteiger partial charge < -0.3 is 24.8 Å². The highest BCUT2D eigenvalue weighted by atomic mass is 16.5. The van der Waals surface area contributed by atoms with Crippen molar-refractivity contribution in [1.29, 1.82) is 5.41 Å². The van der Waals surface area contributed by atoms with Crippen LogP contribution in [0.15, 0.2) is 72.8 Å². The second-order valence-corrected chi connectivity index (χ2v) is 8.24. The predicted molar refractivity (Wildman–Crippen MR) is 141 cm³/mol. The molecule has 0 bridgehead atoms. The summed E-state index contributed by atoms with van der Waals surface area (Å²) >= 11 is 0. The first-order valence-corrected chi connectivity index (χ1v) is 11.7. The molecule has 0 unspecified atom stereocenters. The molecule has 0 radical (unpaired) electrons. The topological polar surface area (TPSA) is 122 Å². The molecule has 0 aliphatic heterocycles. The summed E-state index contributed by atoms with van der Waals surface area (Å²) in [6, 6.07) is 21.3. The first-order chi connectivity index (χ1) is 17.9. The van der Waals surface area contributed by atoms with Crippen LogP contribution in [0.1, 0.15) is 16.7 Å². The van der Waals surface area contributed by atoms with Crippen LogP contribution in [-0.2, 0) is 29.0 Å². The van der Waals surface area contributed by atoms with Gasteiger partial charge in [0.1, 0.15) is 11.8 Å². The van der Waals surface area contributed by atoms with Gasteiger partial charge in [0.15, 0.2) is 17.5 Å².